The van der Waals surface area contributed by atoms with Crippen molar-refractivity contribution in [3.63, 3.8) is 0 Å². The van der Waals surface area contributed by atoms with E-state index < -0.39 is 0 Å². The monoisotopic (exact) mass is 425 g/mol. The summed E-state index contributed by atoms with van der Waals surface area (Å²) >= 11 is 0. The van der Waals surface area contributed by atoms with E-state index >= 15 is 0 Å². The van der Waals surface area contributed by atoms with E-state index in [0.717, 1.165) is 38.1 Å². The van der Waals surface area contributed by atoms with Crippen LogP contribution in [0, 0.1) is 5.92 Å². The Balaban J connectivity index is 0.00000242. The van der Waals surface area contributed by atoms with Crippen LogP contribution >= 0.6 is 24.0 Å². The summed E-state index contributed by atoms with van der Waals surface area (Å²) in [6, 6.07) is 0.867. The molecule has 0 aromatic rings. The molecular weight excluding hydrogens is 393 g/mol. The largest absolute Gasteiger partial charge is 0.379 e. The molecule has 6 heteroatoms. The molecule has 2 aliphatic rings. The maximum Gasteiger partial charge on any atom is 0.191 e. The SMILES string of the molecule is CCCC1CC1NC(=NCC)NC(C)COC1CCOC1.I. The van der Waals surface area contributed by atoms with Crippen LogP contribution in [0.25, 0.3) is 0 Å². The van der Waals surface area contributed by atoms with Crippen LogP contribution in [0.15, 0.2) is 4.99 Å². The van der Waals surface area contributed by atoms with Gasteiger partial charge in [-0.1, -0.05) is 13.3 Å². The highest BCUT2D eigenvalue weighted by molar-refractivity contribution is 14.0. The smallest absolute Gasteiger partial charge is 0.191 e. The lowest BCUT2D eigenvalue weighted by Crippen LogP contribution is -2.45. The normalized spacial score (nSPS) is 28.9. The molecule has 0 aromatic carbocycles. The maximum atomic E-state index is 5.85. The molecule has 4 unspecified atom stereocenters. The van der Waals surface area contributed by atoms with Gasteiger partial charge in [-0.05, 0) is 39.0 Å². The zero-order valence-corrected chi connectivity index (χ0v) is 16.5. The molecule has 1 saturated heterocycles. The lowest BCUT2D eigenvalue weighted by molar-refractivity contribution is 0.0347. The minimum absolute atomic E-state index is 0. The Kier molecular flexibility index (Phi) is 9.66. The molecule has 2 rings (SSSR count). The number of nitrogens with zero attached hydrogens (tertiary/aromatic N) is 1. The van der Waals surface area contributed by atoms with Gasteiger partial charge in [-0.15, -0.1) is 24.0 Å². The van der Waals surface area contributed by atoms with Gasteiger partial charge in [-0.3, -0.25) is 4.99 Å². The third kappa shape index (κ3) is 7.00. The van der Waals surface area contributed by atoms with Crippen LogP contribution < -0.4 is 10.6 Å². The zero-order chi connectivity index (χ0) is 15.1. The minimum atomic E-state index is 0. The van der Waals surface area contributed by atoms with E-state index in [1.54, 1.807) is 0 Å². The fourth-order valence-corrected chi connectivity index (χ4v) is 2.78. The lowest BCUT2D eigenvalue weighted by Gasteiger charge is -2.20. The predicted molar refractivity (Wildman–Crippen MR) is 101 cm³/mol. The van der Waals surface area contributed by atoms with Gasteiger partial charge in [0.15, 0.2) is 5.96 Å². The van der Waals surface area contributed by atoms with Gasteiger partial charge in [-0.25, -0.2) is 0 Å². The molecule has 0 amide bonds. The number of hydrogen-bond donors (Lipinski definition) is 2. The van der Waals surface area contributed by atoms with Crippen LogP contribution in [-0.2, 0) is 9.47 Å². The molecule has 0 bridgehead atoms. The summed E-state index contributed by atoms with van der Waals surface area (Å²) < 4.78 is 11.2. The average Bonchev–Trinajstić information content (AvgIpc) is 2.99. The van der Waals surface area contributed by atoms with Crippen LogP contribution in [0.2, 0.25) is 0 Å². The van der Waals surface area contributed by atoms with Gasteiger partial charge in [-0.2, -0.15) is 0 Å². The molecule has 0 spiro atoms. The van der Waals surface area contributed by atoms with Crippen LogP contribution in [0.1, 0.15) is 46.5 Å². The second-order valence-electron chi connectivity index (χ2n) is 6.22. The highest BCUT2D eigenvalue weighted by Gasteiger charge is 2.36. The first-order valence-electron chi connectivity index (χ1n) is 8.49. The van der Waals surface area contributed by atoms with Crippen LogP contribution in [0.5, 0.6) is 0 Å². The Morgan fingerprint density at radius 3 is 2.86 bits per heavy atom. The first-order chi connectivity index (χ1) is 10.2. The Bertz CT molecular complexity index is 335. The first-order valence-corrected chi connectivity index (χ1v) is 8.49. The maximum absolute atomic E-state index is 5.85. The van der Waals surface area contributed by atoms with E-state index in [-0.39, 0.29) is 36.1 Å². The van der Waals surface area contributed by atoms with E-state index in [1.807, 2.05) is 0 Å². The number of nitrogens with one attached hydrogen (secondary N) is 2. The molecule has 0 radical (unpaired) electrons. The number of halogens is 1. The van der Waals surface area contributed by atoms with Crippen LogP contribution in [0.4, 0.5) is 0 Å². The molecule has 4 atom stereocenters. The molecule has 1 saturated carbocycles. The Hall–Kier alpha value is -0.0800. The molecule has 130 valence electrons. The Labute approximate surface area is 152 Å². The van der Waals surface area contributed by atoms with Crippen molar-refractivity contribution in [1.82, 2.24) is 10.6 Å². The van der Waals surface area contributed by atoms with Crippen molar-refractivity contribution in [2.24, 2.45) is 10.9 Å². The summed E-state index contributed by atoms with van der Waals surface area (Å²) in [5.74, 6) is 1.76. The van der Waals surface area contributed by atoms with E-state index in [0.29, 0.717) is 12.6 Å². The molecular formula is C16H32IN3O2. The van der Waals surface area contributed by atoms with Crippen molar-refractivity contribution in [2.45, 2.75) is 64.6 Å². The summed E-state index contributed by atoms with van der Waals surface area (Å²) in [4.78, 5) is 4.53. The van der Waals surface area contributed by atoms with E-state index in [1.165, 1.54) is 19.3 Å². The van der Waals surface area contributed by atoms with E-state index in [9.17, 15) is 0 Å². The van der Waals surface area contributed by atoms with Crippen molar-refractivity contribution < 1.29 is 9.47 Å². The first kappa shape index (κ1) is 20.0. The molecule has 1 aliphatic carbocycles. The topological polar surface area (TPSA) is 54.9 Å². The third-order valence-electron chi connectivity index (χ3n) is 4.07. The van der Waals surface area contributed by atoms with Gasteiger partial charge in [0.05, 0.1) is 19.3 Å². The molecule has 22 heavy (non-hydrogen) atoms. The van der Waals surface area contributed by atoms with Gasteiger partial charge in [0.2, 0.25) is 0 Å². The molecule has 2 N–H and O–H groups in total. The number of aliphatic imine (C=N–C) groups is 1. The number of hydrogen-bond acceptors (Lipinski definition) is 3. The second kappa shape index (κ2) is 10.6. The van der Waals surface area contributed by atoms with Crippen LogP contribution in [-0.4, -0.2) is 50.5 Å². The number of guanidine groups is 1. The predicted octanol–water partition coefficient (Wildman–Crippen LogP) is 2.54. The summed E-state index contributed by atoms with van der Waals surface area (Å²) in [7, 11) is 0. The quantitative estimate of drug-likeness (QED) is 0.357. The Morgan fingerprint density at radius 2 is 2.23 bits per heavy atom. The van der Waals surface area contributed by atoms with Gasteiger partial charge < -0.3 is 20.1 Å². The molecule has 1 heterocycles. The summed E-state index contributed by atoms with van der Waals surface area (Å²) in [5.41, 5.74) is 0. The van der Waals surface area contributed by atoms with E-state index in [4.69, 9.17) is 9.47 Å². The van der Waals surface area contributed by atoms with Crippen LogP contribution in [0.3, 0.4) is 0 Å². The molecule has 2 fully saturated rings. The van der Waals surface area contributed by atoms with Crippen molar-refractivity contribution in [2.75, 3.05) is 26.4 Å². The van der Waals surface area contributed by atoms with Crippen molar-refractivity contribution in [3.8, 4) is 0 Å². The molecule has 1 aliphatic heterocycles. The fourth-order valence-electron chi connectivity index (χ4n) is 2.78. The van der Waals surface area contributed by atoms with Crippen molar-refractivity contribution in [3.05, 3.63) is 0 Å². The van der Waals surface area contributed by atoms with Gasteiger partial charge in [0.1, 0.15) is 0 Å². The molecule has 0 aromatic heterocycles. The summed E-state index contributed by atoms with van der Waals surface area (Å²) in [6.45, 7) is 9.52. The molecule has 5 nitrogen and oxygen atoms in total. The third-order valence-corrected chi connectivity index (χ3v) is 4.07. The van der Waals surface area contributed by atoms with Gasteiger partial charge >= 0.3 is 0 Å². The second-order valence-corrected chi connectivity index (χ2v) is 6.22. The zero-order valence-electron chi connectivity index (χ0n) is 14.1. The summed E-state index contributed by atoms with van der Waals surface area (Å²) in [6.07, 6.45) is 5.15. The fraction of sp³-hybridized carbons (Fsp3) is 0.938. The minimum Gasteiger partial charge on any atom is -0.379 e. The highest BCUT2D eigenvalue weighted by atomic mass is 127. The van der Waals surface area contributed by atoms with Gasteiger partial charge in [0, 0.05) is 25.2 Å². The van der Waals surface area contributed by atoms with E-state index in [2.05, 4.69) is 36.4 Å². The highest BCUT2D eigenvalue weighted by Crippen LogP contribution is 2.34. The van der Waals surface area contributed by atoms with Gasteiger partial charge in [0.25, 0.3) is 0 Å². The summed E-state index contributed by atoms with van der Waals surface area (Å²) in [5, 5.41) is 6.99. The average molecular weight is 425 g/mol. The lowest BCUT2D eigenvalue weighted by atomic mass is 10.2. The van der Waals surface area contributed by atoms with Crippen molar-refractivity contribution >= 4 is 29.9 Å². The standard InChI is InChI=1S/C16H31N3O2.HI/c1-4-6-13-9-15(13)19-16(17-5-2)18-12(3)10-21-14-7-8-20-11-14;/h12-15H,4-11H2,1-3H3,(H2,17,18,19);1H. The Morgan fingerprint density at radius 1 is 1.41 bits per heavy atom. The number of ether oxygens (including phenoxy) is 2. The number of rotatable bonds is 8. The van der Waals surface area contributed by atoms with Crippen molar-refractivity contribution in [1.29, 1.82) is 0 Å².